The summed E-state index contributed by atoms with van der Waals surface area (Å²) in [5.41, 5.74) is 4.42. The molecule has 1 aromatic heterocycles. The summed E-state index contributed by atoms with van der Waals surface area (Å²) in [6.07, 6.45) is 5.65. The van der Waals surface area contributed by atoms with Crippen molar-refractivity contribution in [1.29, 1.82) is 0 Å². The van der Waals surface area contributed by atoms with Crippen molar-refractivity contribution in [2.24, 2.45) is 0 Å². The van der Waals surface area contributed by atoms with Gasteiger partial charge in [-0.15, -0.1) is 0 Å². The van der Waals surface area contributed by atoms with Gasteiger partial charge in [-0.3, -0.25) is 14.7 Å². The Morgan fingerprint density at radius 3 is 2.56 bits per heavy atom. The number of hydrogen-bond acceptors (Lipinski definition) is 7. The summed E-state index contributed by atoms with van der Waals surface area (Å²) in [4.78, 5) is 18.9. The van der Waals surface area contributed by atoms with Crippen LogP contribution in [-0.4, -0.2) is 59.8 Å². The van der Waals surface area contributed by atoms with E-state index in [0.717, 1.165) is 54.8 Å². The minimum Gasteiger partial charge on any atom is -0.392 e. The van der Waals surface area contributed by atoms with E-state index >= 15 is 0 Å². The highest BCUT2D eigenvalue weighted by atomic mass is 16.7. The van der Waals surface area contributed by atoms with Crippen LogP contribution in [-0.2, 0) is 27.4 Å². The Morgan fingerprint density at radius 1 is 1.08 bits per heavy atom. The maximum atomic E-state index is 12.4. The van der Waals surface area contributed by atoms with Crippen LogP contribution in [0.2, 0.25) is 0 Å². The molecule has 3 aromatic rings. The molecule has 0 unspecified atom stereocenters. The number of ether oxygens (including phenoxy) is 3. The zero-order valence-corrected chi connectivity index (χ0v) is 22.4. The third-order valence-corrected chi connectivity index (χ3v) is 7.54. The van der Waals surface area contributed by atoms with Crippen LogP contribution in [0.3, 0.4) is 0 Å². The standard InChI is InChI=1S/C31H37N3O5/c1-37-21-27-5-3-15-34(27)19-28-16-29(24-10-8-23(20-35)9-11-24)39-31(38-28)25-12-6-22(7-13-25)17-33-30(36)26-4-2-14-32-18-26/h2,4,6-14,18,27-29,31,35H,3,5,15-17,19-21H2,1H3,(H,33,36)/t27-,28+,29-,31-/m0/s1. The van der Waals surface area contributed by atoms with Gasteiger partial charge in [0.15, 0.2) is 6.29 Å². The molecule has 0 aliphatic carbocycles. The van der Waals surface area contributed by atoms with Gasteiger partial charge >= 0.3 is 0 Å². The molecule has 0 saturated carbocycles. The highest BCUT2D eigenvalue weighted by Gasteiger charge is 2.35. The molecule has 5 rings (SSSR count). The molecule has 2 fully saturated rings. The van der Waals surface area contributed by atoms with Crippen molar-refractivity contribution >= 4 is 5.91 Å². The minimum atomic E-state index is -0.506. The van der Waals surface area contributed by atoms with Crippen molar-refractivity contribution in [3.63, 3.8) is 0 Å². The third kappa shape index (κ3) is 7.09. The summed E-state index contributed by atoms with van der Waals surface area (Å²) in [6.45, 7) is 3.05. The number of methoxy groups -OCH3 is 1. The molecule has 0 radical (unpaired) electrons. The van der Waals surface area contributed by atoms with Crippen LogP contribution in [0.25, 0.3) is 0 Å². The van der Waals surface area contributed by atoms with Gasteiger partial charge in [0.25, 0.3) is 5.91 Å². The molecule has 2 aromatic carbocycles. The van der Waals surface area contributed by atoms with Gasteiger partial charge in [-0.05, 0) is 48.2 Å². The molecule has 206 valence electrons. The lowest BCUT2D eigenvalue weighted by atomic mass is 9.99. The van der Waals surface area contributed by atoms with Crippen LogP contribution in [0.15, 0.2) is 73.1 Å². The smallest absolute Gasteiger partial charge is 0.253 e. The Hall–Kier alpha value is -3.14. The molecule has 4 atom stereocenters. The summed E-state index contributed by atoms with van der Waals surface area (Å²) >= 11 is 0. The summed E-state index contributed by atoms with van der Waals surface area (Å²) in [7, 11) is 1.76. The van der Waals surface area contributed by atoms with E-state index in [1.54, 1.807) is 31.6 Å². The van der Waals surface area contributed by atoms with Gasteiger partial charge < -0.3 is 24.6 Å². The normalized spacial score (nSPS) is 23.5. The average molecular weight is 532 g/mol. The van der Waals surface area contributed by atoms with Gasteiger partial charge in [0.1, 0.15) is 0 Å². The van der Waals surface area contributed by atoms with E-state index < -0.39 is 6.29 Å². The number of aliphatic hydroxyl groups is 1. The molecule has 0 bridgehead atoms. The van der Waals surface area contributed by atoms with E-state index in [9.17, 15) is 9.90 Å². The molecule has 0 spiro atoms. The number of benzene rings is 2. The molecule has 3 heterocycles. The quantitative estimate of drug-likeness (QED) is 0.406. The van der Waals surface area contributed by atoms with Crippen LogP contribution in [0.5, 0.6) is 0 Å². The number of pyridine rings is 1. The predicted octanol–water partition coefficient (Wildman–Crippen LogP) is 4.16. The molecular formula is C31H37N3O5. The number of nitrogens with zero attached hydrogens (tertiary/aromatic N) is 2. The molecule has 2 aliphatic heterocycles. The van der Waals surface area contributed by atoms with Crippen LogP contribution < -0.4 is 5.32 Å². The van der Waals surface area contributed by atoms with Crippen molar-refractivity contribution in [1.82, 2.24) is 15.2 Å². The number of amides is 1. The molecule has 39 heavy (non-hydrogen) atoms. The van der Waals surface area contributed by atoms with Crippen LogP contribution in [0, 0.1) is 0 Å². The number of carbonyl (C=O) groups excluding carboxylic acids is 1. The van der Waals surface area contributed by atoms with Gasteiger partial charge in [-0.25, -0.2) is 0 Å². The van der Waals surface area contributed by atoms with E-state index in [0.29, 0.717) is 18.2 Å². The molecular weight excluding hydrogens is 494 g/mol. The summed E-state index contributed by atoms with van der Waals surface area (Å²) in [5, 5.41) is 12.4. The number of hydrogen-bond donors (Lipinski definition) is 2. The number of likely N-dealkylation sites (tertiary alicyclic amines) is 1. The highest BCUT2D eigenvalue weighted by molar-refractivity contribution is 5.93. The van der Waals surface area contributed by atoms with Crippen molar-refractivity contribution in [3.05, 3.63) is 101 Å². The largest absolute Gasteiger partial charge is 0.392 e. The maximum absolute atomic E-state index is 12.4. The van der Waals surface area contributed by atoms with Crippen LogP contribution in [0.4, 0.5) is 0 Å². The third-order valence-electron chi connectivity index (χ3n) is 7.54. The Kier molecular flexibility index (Phi) is 9.34. The second-order valence-electron chi connectivity index (χ2n) is 10.3. The number of carbonyl (C=O) groups is 1. The lowest BCUT2D eigenvalue weighted by Gasteiger charge is -2.38. The number of nitrogens with one attached hydrogen (secondary N) is 1. The zero-order valence-electron chi connectivity index (χ0n) is 22.4. The zero-order chi connectivity index (χ0) is 27.0. The van der Waals surface area contributed by atoms with Gasteiger partial charge in [-0.2, -0.15) is 0 Å². The molecule has 2 aliphatic rings. The van der Waals surface area contributed by atoms with E-state index in [-0.39, 0.29) is 24.7 Å². The fourth-order valence-electron chi connectivity index (χ4n) is 5.39. The molecule has 8 nitrogen and oxygen atoms in total. The van der Waals surface area contributed by atoms with Gasteiger partial charge in [0.05, 0.1) is 31.0 Å². The first kappa shape index (κ1) is 27.4. The van der Waals surface area contributed by atoms with Crippen molar-refractivity contribution < 1.29 is 24.1 Å². The monoisotopic (exact) mass is 531 g/mol. The number of aromatic nitrogens is 1. The maximum Gasteiger partial charge on any atom is 0.253 e. The fraction of sp³-hybridized carbons (Fsp3) is 0.419. The Morgan fingerprint density at radius 2 is 1.85 bits per heavy atom. The lowest BCUT2D eigenvalue weighted by Crippen LogP contribution is -2.42. The Balaban J connectivity index is 1.28. The Labute approximate surface area is 229 Å². The van der Waals surface area contributed by atoms with Crippen LogP contribution in [0.1, 0.15) is 64.3 Å². The fourth-order valence-corrected chi connectivity index (χ4v) is 5.39. The second kappa shape index (κ2) is 13.3. The molecule has 2 saturated heterocycles. The van der Waals surface area contributed by atoms with Crippen LogP contribution >= 0.6 is 0 Å². The lowest BCUT2D eigenvalue weighted by molar-refractivity contribution is -0.253. The van der Waals surface area contributed by atoms with Gasteiger partial charge in [0, 0.05) is 50.6 Å². The van der Waals surface area contributed by atoms with Gasteiger partial charge in [-0.1, -0.05) is 48.5 Å². The van der Waals surface area contributed by atoms with Crippen molar-refractivity contribution in [2.45, 2.75) is 57.0 Å². The first-order valence-electron chi connectivity index (χ1n) is 13.6. The van der Waals surface area contributed by atoms with E-state index in [4.69, 9.17) is 14.2 Å². The number of aliphatic hydroxyl groups excluding tert-OH is 1. The summed E-state index contributed by atoms with van der Waals surface area (Å²) in [6, 6.07) is 19.9. The van der Waals surface area contributed by atoms with E-state index in [2.05, 4.69) is 15.2 Å². The predicted molar refractivity (Wildman–Crippen MR) is 147 cm³/mol. The van der Waals surface area contributed by atoms with Crippen molar-refractivity contribution in [3.8, 4) is 0 Å². The van der Waals surface area contributed by atoms with E-state index in [1.807, 2.05) is 48.5 Å². The Bertz CT molecular complexity index is 1190. The average Bonchev–Trinajstić information content (AvgIpc) is 3.43. The van der Waals surface area contributed by atoms with Crippen molar-refractivity contribution in [2.75, 3.05) is 26.8 Å². The first-order valence-corrected chi connectivity index (χ1v) is 13.6. The summed E-state index contributed by atoms with van der Waals surface area (Å²) < 4.78 is 18.5. The highest BCUT2D eigenvalue weighted by Crippen LogP contribution is 2.38. The molecule has 1 amide bonds. The summed E-state index contributed by atoms with van der Waals surface area (Å²) in [5.74, 6) is -0.155. The van der Waals surface area contributed by atoms with Gasteiger partial charge in [0.2, 0.25) is 0 Å². The first-order chi connectivity index (χ1) is 19.1. The number of rotatable bonds is 10. The van der Waals surface area contributed by atoms with E-state index in [1.165, 1.54) is 6.42 Å². The molecule has 8 heteroatoms. The minimum absolute atomic E-state index is 0.00201. The SMILES string of the molecule is COC[C@@H]1CCCN1C[C@H]1C[C@@H](c2ccc(CO)cc2)O[C@@H](c2ccc(CNC(=O)c3cccnc3)cc2)O1. The second-order valence-corrected chi connectivity index (χ2v) is 10.3. The molecule has 2 N–H and O–H groups in total. The topological polar surface area (TPSA) is 93.2 Å².